The molecule has 0 saturated carbocycles. The summed E-state index contributed by atoms with van der Waals surface area (Å²) >= 11 is 0. The average Bonchev–Trinajstić information content (AvgIpc) is 2.54. The van der Waals surface area contributed by atoms with Crippen molar-refractivity contribution >= 4 is 0 Å². The van der Waals surface area contributed by atoms with E-state index in [0.717, 1.165) is 0 Å². The Bertz CT molecular complexity index is 218. The van der Waals surface area contributed by atoms with Crippen LogP contribution in [0.4, 0.5) is 0 Å². The van der Waals surface area contributed by atoms with Gasteiger partial charge in [-0.3, -0.25) is 0 Å². The van der Waals surface area contributed by atoms with Crippen LogP contribution in [0.5, 0.6) is 0 Å². The standard InChI is InChI=1S/C7H7.C5H5.Ti/c1-2-4-6-7-5-3-1;1-2-4-5-3-1;/h1-7H;1-5H;. The van der Waals surface area contributed by atoms with Crippen molar-refractivity contribution in [3.05, 3.63) is 73.6 Å². The molecule has 0 unspecified atom stereocenters. The van der Waals surface area contributed by atoms with Crippen LogP contribution in [0, 0.1) is 12.8 Å². The summed E-state index contributed by atoms with van der Waals surface area (Å²) in [5.74, 6) is 0. The molecule has 2 aliphatic carbocycles. The smallest absolute Gasteiger partial charge is 0.00506 e. The van der Waals surface area contributed by atoms with Crippen molar-refractivity contribution < 1.29 is 21.7 Å². The van der Waals surface area contributed by atoms with Crippen molar-refractivity contribution in [1.29, 1.82) is 0 Å². The molecule has 2 aliphatic rings. The second kappa shape index (κ2) is 9.50. The Balaban J connectivity index is 0.000000215. The summed E-state index contributed by atoms with van der Waals surface area (Å²) in [7, 11) is 0. The van der Waals surface area contributed by atoms with Crippen LogP contribution in [0.1, 0.15) is 0 Å². The van der Waals surface area contributed by atoms with Gasteiger partial charge in [0.2, 0.25) is 0 Å². The molecule has 0 spiro atoms. The first-order valence-electron chi connectivity index (χ1n) is 4.00. The van der Waals surface area contributed by atoms with E-state index in [9.17, 15) is 0 Å². The molecule has 0 N–H and O–H groups in total. The molecule has 0 aliphatic heterocycles. The van der Waals surface area contributed by atoms with Crippen LogP contribution in [-0.2, 0) is 21.7 Å². The van der Waals surface area contributed by atoms with Gasteiger partial charge in [0.25, 0.3) is 0 Å². The molecular weight excluding hydrogens is 192 g/mol. The van der Waals surface area contributed by atoms with E-state index < -0.39 is 0 Å². The molecule has 0 amide bonds. The molecule has 2 rings (SSSR count). The minimum Gasteiger partial charge on any atom is -0.0767 e. The largest absolute Gasteiger partial charge is 0.0767 e. The van der Waals surface area contributed by atoms with E-state index in [-0.39, 0.29) is 21.7 Å². The van der Waals surface area contributed by atoms with Crippen LogP contribution in [-0.4, -0.2) is 0 Å². The van der Waals surface area contributed by atoms with Crippen molar-refractivity contribution in [2.75, 3.05) is 0 Å². The third kappa shape index (κ3) is 7.76. The molecular formula is C12H12Ti. The first kappa shape index (κ1) is 12.4. The summed E-state index contributed by atoms with van der Waals surface area (Å²) in [6.45, 7) is 0. The van der Waals surface area contributed by atoms with Crippen molar-refractivity contribution in [1.82, 2.24) is 0 Å². The number of hydrogen-bond acceptors (Lipinski definition) is 0. The SMILES string of the molecule is [CH]1C=CC=C1.[CH]1C=CC=CC=C1.[Ti]. The molecule has 0 bridgehead atoms. The van der Waals surface area contributed by atoms with Crippen LogP contribution < -0.4 is 0 Å². The molecule has 0 heterocycles. The molecule has 64 valence electrons. The van der Waals surface area contributed by atoms with E-state index in [2.05, 4.69) is 0 Å². The fourth-order valence-corrected chi connectivity index (χ4v) is 0.770. The maximum atomic E-state index is 2.00. The molecule has 0 fully saturated rings. The number of hydrogen-bond donors (Lipinski definition) is 0. The Morgan fingerprint density at radius 1 is 0.308 bits per heavy atom. The Morgan fingerprint density at radius 3 is 0.846 bits per heavy atom. The van der Waals surface area contributed by atoms with E-state index >= 15 is 0 Å². The predicted molar refractivity (Wildman–Crippen MR) is 54.3 cm³/mol. The van der Waals surface area contributed by atoms with Gasteiger partial charge < -0.3 is 0 Å². The molecule has 0 nitrogen and oxygen atoms in total. The van der Waals surface area contributed by atoms with Gasteiger partial charge >= 0.3 is 0 Å². The third-order valence-corrected chi connectivity index (χ3v) is 1.33. The monoisotopic (exact) mass is 204 g/mol. The van der Waals surface area contributed by atoms with Gasteiger partial charge in [0.15, 0.2) is 0 Å². The van der Waals surface area contributed by atoms with E-state index in [4.69, 9.17) is 0 Å². The molecule has 0 saturated heterocycles. The minimum absolute atomic E-state index is 0. The second-order valence-corrected chi connectivity index (χ2v) is 2.31. The van der Waals surface area contributed by atoms with E-state index in [0.29, 0.717) is 0 Å². The summed E-state index contributed by atoms with van der Waals surface area (Å²) in [5, 5.41) is 0. The van der Waals surface area contributed by atoms with Crippen LogP contribution >= 0.6 is 0 Å². The quantitative estimate of drug-likeness (QED) is 0.531. The topological polar surface area (TPSA) is 0 Å². The van der Waals surface area contributed by atoms with E-state index in [1.807, 2.05) is 73.6 Å². The molecule has 0 aromatic rings. The van der Waals surface area contributed by atoms with E-state index in [1.54, 1.807) is 0 Å². The van der Waals surface area contributed by atoms with Crippen molar-refractivity contribution in [3.63, 3.8) is 0 Å². The minimum atomic E-state index is 0. The van der Waals surface area contributed by atoms with Gasteiger partial charge in [-0.1, -0.05) is 60.8 Å². The predicted octanol–water partition coefficient (Wildman–Crippen LogP) is 3.19. The summed E-state index contributed by atoms with van der Waals surface area (Å²) in [6, 6.07) is 0. The maximum absolute atomic E-state index is 2.00. The second-order valence-electron chi connectivity index (χ2n) is 2.31. The van der Waals surface area contributed by atoms with E-state index in [1.165, 1.54) is 0 Å². The maximum Gasteiger partial charge on any atom is 0.00506 e. The normalized spacial score (nSPS) is 16.0. The first-order valence-corrected chi connectivity index (χ1v) is 4.00. The van der Waals surface area contributed by atoms with Gasteiger partial charge in [-0.15, -0.1) is 0 Å². The van der Waals surface area contributed by atoms with Gasteiger partial charge in [-0.2, -0.15) is 0 Å². The average molecular weight is 204 g/mol. The van der Waals surface area contributed by atoms with Crippen molar-refractivity contribution in [3.8, 4) is 0 Å². The van der Waals surface area contributed by atoms with Crippen molar-refractivity contribution in [2.45, 2.75) is 0 Å². The zero-order chi connectivity index (χ0) is 8.49. The van der Waals surface area contributed by atoms with Crippen LogP contribution in [0.15, 0.2) is 60.8 Å². The zero-order valence-electron chi connectivity index (χ0n) is 7.43. The molecule has 0 atom stereocenters. The summed E-state index contributed by atoms with van der Waals surface area (Å²) < 4.78 is 0. The molecule has 1 heteroatoms. The molecule has 13 heavy (non-hydrogen) atoms. The van der Waals surface area contributed by atoms with Crippen LogP contribution in [0.25, 0.3) is 0 Å². The fraction of sp³-hybridized carbons (Fsp3) is 0. The zero-order valence-corrected chi connectivity index (χ0v) is 8.99. The van der Waals surface area contributed by atoms with Gasteiger partial charge in [0, 0.05) is 34.6 Å². The molecule has 0 aromatic heterocycles. The Kier molecular flexibility index (Phi) is 9.07. The summed E-state index contributed by atoms with van der Waals surface area (Å²) in [6.07, 6.45) is 24.0. The fourth-order valence-electron chi connectivity index (χ4n) is 0.770. The van der Waals surface area contributed by atoms with Gasteiger partial charge in [0.05, 0.1) is 0 Å². The summed E-state index contributed by atoms with van der Waals surface area (Å²) in [5.41, 5.74) is 0. The van der Waals surface area contributed by atoms with Gasteiger partial charge in [0.1, 0.15) is 0 Å². The van der Waals surface area contributed by atoms with Gasteiger partial charge in [-0.25, -0.2) is 0 Å². The molecule has 2 radical (unpaired) electrons. The first-order chi connectivity index (χ1) is 6.00. The Labute approximate surface area is 95.3 Å². The summed E-state index contributed by atoms with van der Waals surface area (Å²) in [4.78, 5) is 0. The van der Waals surface area contributed by atoms with Crippen LogP contribution in [0.3, 0.4) is 0 Å². The van der Waals surface area contributed by atoms with Gasteiger partial charge in [-0.05, 0) is 0 Å². The Morgan fingerprint density at radius 2 is 0.538 bits per heavy atom. The third-order valence-electron chi connectivity index (χ3n) is 1.33. The van der Waals surface area contributed by atoms with Crippen LogP contribution in [0.2, 0.25) is 0 Å². The number of allylic oxidation sites excluding steroid dienone is 10. The van der Waals surface area contributed by atoms with Crippen molar-refractivity contribution in [2.24, 2.45) is 0 Å². The number of rotatable bonds is 0. The Hall–Kier alpha value is -0.586. The molecule has 0 aromatic carbocycles.